The highest BCUT2D eigenvalue weighted by molar-refractivity contribution is 5.89. The number of pyridine rings is 1. The van der Waals surface area contributed by atoms with E-state index in [0.29, 0.717) is 17.7 Å². The number of hydrogen-bond donors (Lipinski definition) is 2. The Morgan fingerprint density at radius 3 is 2.73 bits per heavy atom. The summed E-state index contributed by atoms with van der Waals surface area (Å²) in [5.41, 5.74) is 0.824. The van der Waals surface area contributed by atoms with E-state index in [1.807, 2.05) is 0 Å². The summed E-state index contributed by atoms with van der Waals surface area (Å²) in [6.45, 7) is 3.89. The lowest BCUT2D eigenvalue weighted by atomic mass is 10.2. The van der Waals surface area contributed by atoms with Crippen LogP contribution < -0.4 is 5.32 Å². The number of hydrogen-bond acceptors (Lipinski definition) is 3. The minimum absolute atomic E-state index is 0.268. The van der Waals surface area contributed by atoms with Gasteiger partial charge in [-0.15, -0.1) is 0 Å². The lowest BCUT2D eigenvalue weighted by Crippen LogP contribution is -2.08. The summed E-state index contributed by atoms with van der Waals surface area (Å²) in [7, 11) is 0. The molecular formula is C11H14N2O2. The number of anilines is 1. The van der Waals surface area contributed by atoms with Gasteiger partial charge in [-0.3, -0.25) is 0 Å². The Morgan fingerprint density at radius 2 is 2.27 bits per heavy atom. The van der Waals surface area contributed by atoms with Crippen molar-refractivity contribution < 1.29 is 9.90 Å². The Hall–Kier alpha value is -1.58. The lowest BCUT2D eigenvalue weighted by Gasteiger charge is -2.06. The van der Waals surface area contributed by atoms with Crippen molar-refractivity contribution in [2.24, 2.45) is 5.92 Å². The van der Waals surface area contributed by atoms with Crippen LogP contribution in [0.5, 0.6) is 0 Å². The highest BCUT2D eigenvalue weighted by atomic mass is 16.4. The summed E-state index contributed by atoms with van der Waals surface area (Å²) in [4.78, 5) is 15.0. The van der Waals surface area contributed by atoms with Crippen LogP contribution in [0.15, 0.2) is 12.1 Å². The SMILES string of the molecule is Cc1nc(NC2CC2C)ccc1C(=O)O. The van der Waals surface area contributed by atoms with Crippen LogP contribution in [0.25, 0.3) is 0 Å². The first kappa shape index (κ1) is 9.96. The number of aromatic carboxylic acids is 1. The zero-order valence-electron chi connectivity index (χ0n) is 8.82. The summed E-state index contributed by atoms with van der Waals surface area (Å²) in [5.74, 6) is 0.546. The second-order valence-corrected chi connectivity index (χ2v) is 4.10. The van der Waals surface area contributed by atoms with Crippen molar-refractivity contribution >= 4 is 11.8 Å². The third-order valence-corrected chi connectivity index (χ3v) is 2.76. The average molecular weight is 206 g/mol. The van der Waals surface area contributed by atoms with Gasteiger partial charge in [-0.1, -0.05) is 6.92 Å². The number of nitrogens with one attached hydrogen (secondary N) is 1. The van der Waals surface area contributed by atoms with Gasteiger partial charge in [-0.25, -0.2) is 9.78 Å². The van der Waals surface area contributed by atoms with Crippen LogP contribution in [0.1, 0.15) is 29.4 Å². The van der Waals surface area contributed by atoms with E-state index in [9.17, 15) is 4.79 Å². The molecule has 2 unspecified atom stereocenters. The van der Waals surface area contributed by atoms with Crippen molar-refractivity contribution in [3.63, 3.8) is 0 Å². The van der Waals surface area contributed by atoms with E-state index in [2.05, 4.69) is 17.2 Å². The van der Waals surface area contributed by atoms with Crippen molar-refractivity contribution in [1.82, 2.24) is 4.98 Å². The number of aryl methyl sites for hydroxylation is 1. The van der Waals surface area contributed by atoms with Crippen molar-refractivity contribution in [3.8, 4) is 0 Å². The van der Waals surface area contributed by atoms with Gasteiger partial charge >= 0.3 is 5.97 Å². The van der Waals surface area contributed by atoms with E-state index in [4.69, 9.17) is 5.11 Å². The fraction of sp³-hybridized carbons (Fsp3) is 0.455. The van der Waals surface area contributed by atoms with Crippen LogP contribution in [0.3, 0.4) is 0 Å². The maximum absolute atomic E-state index is 10.8. The summed E-state index contributed by atoms with van der Waals surface area (Å²) in [5, 5.41) is 12.1. The third kappa shape index (κ3) is 2.09. The molecule has 0 radical (unpaired) electrons. The van der Waals surface area contributed by atoms with Gasteiger partial charge in [-0.2, -0.15) is 0 Å². The highest BCUT2D eigenvalue weighted by Crippen LogP contribution is 2.32. The predicted octanol–water partition coefficient (Wildman–Crippen LogP) is 1.91. The van der Waals surface area contributed by atoms with Crippen LogP contribution in [0, 0.1) is 12.8 Å². The Bertz CT molecular complexity index is 404. The molecule has 2 atom stereocenters. The fourth-order valence-corrected chi connectivity index (χ4v) is 1.58. The van der Waals surface area contributed by atoms with Crippen LogP contribution in [-0.2, 0) is 0 Å². The maximum Gasteiger partial charge on any atom is 0.337 e. The standard InChI is InChI=1S/C11H14N2O2/c1-6-5-9(6)13-10-4-3-8(11(14)15)7(2)12-10/h3-4,6,9H,5H2,1-2H3,(H,12,13)(H,14,15). The first-order valence-electron chi connectivity index (χ1n) is 5.05. The number of aromatic nitrogens is 1. The molecule has 4 nitrogen and oxygen atoms in total. The first-order valence-corrected chi connectivity index (χ1v) is 5.05. The summed E-state index contributed by atoms with van der Waals surface area (Å²) >= 11 is 0. The molecule has 1 aliphatic carbocycles. The Morgan fingerprint density at radius 1 is 1.60 bits per heavy atom. The van der Waals surface area contributed by atoms with E-state index < -0.39 is 5.97 Å². The van der Waals surface area contributed by atoms with Gasteiger partial charge in [0.15, 0.2) is 0 Å². The first-order chi connectivity index (χ1) is 7.08. The van der Waals surface area contributed by atoms with Gasteiger partial charge in [0.2, 0.25) is 0 Å². The molecule has 0 bridgehead atoms. The summed E-state index contributed by atoms with van der Waals surface area (Å²) in [6, 6.07) is 3.83. The Balaban J connectivity index is 2.14. The largest absolute Gasteiger partial charge is 0.478 e. The molecule has 0 aliphatic heterocycles. The minimum atomic E-state index is -0.925. The van der Waals surface area contributed by atoms with E-state index in [-0.39, 0.29) is 5.56 Å². The van der Waals surface area contributed by atoms with Gasteiger partial charge in [0.1, 0.15) is 5.82 Å². The van der Waals surface area contributed by atoms with E-state index in [1.54, 1.807) is 19.1 Å². The molecular weight excluding hydrogens is 192 g/mol. The molecule has 0 saturated heterocycles. The number of carboxylic acids is 1. The third-order valence-electron chi connectivity index (χ3n) is 2.76. The predicted molar refractivity (Wildman–Crippen MR) is 57.1 cm³/mol. The highest BCUT2D eigenvalue weighted by Gasteiger charge is 2.32. The van der Waals surface area contributed by atoms with Crippen LogP contribution >= 0.6 is 0 Å². The topological polar surface area (TPSA) is 62.2 Å². The summed E-state index contributed by atoms with van der Waals surface area (Å²) < 4.78 is 0. The van der Waals surface area contributed by atoms with E-state index in [1.165, 1.54) is 6.42 Å². The zero-order chi connectivity index (χ0) is 11.0. The zero-order valence-corrected chi connectivity index (χ0v) is 8.82. The second kappa shape index (κ2) is 3.53. The molecule has 4 heteroatoms. The van der Waals surface area contributed by atoms with Crippen LogP contribution in [0.2, 0.25) is 0 Å². The molecule has 2 rings (SSSR count). The van der Waals surface area contributed by atoms with Gasteiger partial charge in [-0.05, 0) is 31.4 Å². The number of carboxylic acid groups (broad SMARTS) is 1. The molecule has 1 saturated carbocycles. The molecule has 1 fully saturated rings. The molecule has 15 heavy (non-hydrogen) atoms. The van der Waals surface area contributed by atoms with Crippen molar-refractivity contribution in [2.45, 2.75) is 26.3 Å². The second-order valence-electron chi connectivity index (χ2n) is 4.10. The monoisotopic (exact) mass is 206 g/mol. The smallest absolute Gasteiger partial charge is 0.337 e. The summed E-state index contributed by atoms with van der Waals surface area (Å²) in [6.07, 6.45) is 1.17. The molecule has 0 aromatic carbocycles. The molecule has 0 amide bonds. The van der Waals surface area contributed by atoms with Crippen molar-refractivity contribution in [3.05, 3.63) is 23.4 Å². The number of rotatable bonds is 3. The molecule has 1 aromatic heterocycles. The van der Waals surface area contributed by atoms with E-state index >= 15 is 0 Å². The number of carbonyl (C=O) groups is 1. The molecule has 80 valence electrons. The van der Waals surface area contributed by atoms with Crippen molar-refractivity contribution in [2.75, 3.05) is 5.32 Å². The van der Waals surface area contributed by atoms with Gasteiger partial charge in [0, 0.05) is 6.04 Å². The van der Waals surface area contributed by atoms with E-state index in [0.717, 1.165) is 5.82 Å². The minimum Gasteiger partial charge on any atom is -0.478 e. The van der Waals surface area contributed by atoms with Crippen molar-refractivity contribution in [1.29, 1.82) is 0 Å². The lowest BCUT2D eigenvalue weighted by molar-refractivity contribution is 0.0695. The fourth-order valence-electron chi connectivity index (χ4n) is 1.58. The molecule has 2 N–H and O–H groups in total. The van der Waals surface area contributed by atoms with Crippen LogP contribution in [0.4, 0.5) is 5.82 Å². The van der Waals surface area contributed by atoms with Gasteiger partial charge < -0.3 is 10.4 Å². The quantitative estimate of drug-likeness (QED) is 0.793. The Kier molecular flexibility index (Phi) is 2.34. The normalized spacial score (nSPS) is 23.6. The average Bonchev–Trinajstić information content (AvgIpc) is 2.81. The Labute approximate surface area is 88.3 Å². The molecule has 1 aliphatic rings. The van der Waals surface area contributed by atoms with Gasteiger partial charge in [0.25, 0.3) is 0 Å². The van der Waals surface area contributed by atoms with Crippen LogP contribution in [-0.4, -0.2) is 22.1 Å². The van der Waals surface area contributed by atoms with Gasteiger partial charge in [0.05, 0.1) is 11.3 Å². The maximum atomic E-state index is 10.8. The molecule has 1 aromatic rings. The molecule has 0 spiro atoms. The number of nitrogens with zero attached hydrogens (tertiary/aromatic N) is 1. The molecule has 1 heterocycles.